The Labute approximate surface area is 90.2 Å². The van der Waals surface area contributed by atoms with Crippen molar-refractivity contribution in [3.63, 3.8) is 0 Å². The second-order valence-electron chi connectivity index (χ2n) is 3.50. The number of hydrogen-bond donors (Lipinski definition) is 0. The molecule has 15 heavy (non-hydrogen) atoms. The molecule has 1 aliphatic rings. The van der Waals surface area contributed by atoms with Gasteiger partial charge in [-0.3, -0.25) is 0 Å². The van der Waals surface area contributed by atoms with E-state index in [1.807, 2.05) is 30.3 Å². The van der Waals surface area contributed by atoms with Gasteiger partial charge < -0.3 is 9.47 Å². The third-order valence-corrected chi connectivity index (χ3v) is 2.39. The van der Waals surface area contributed by atoms with E-state index in [2.05, 4.69) is 11.8 Å². The van der Waals surface area contributed by atoms with Crippen LogP contribution in [0.1, 0.15) is 18.4 Å². The first-order chi connectivity index (χ1) is 7.38. The van der Waals surface area contributed by atoms with Crippen molar-refractivity contribution >= 4 is 0 Å². The van der Waals surface area contributed by atoms with E-state index in [-0.39, 0.29) is 12.4 Å². The summed E-state index contributed by atoms with van der Waals surface area (Å²) < 4.78 is 10.6. The van der Waals surface area contributed by atoms with Crippen molar-refractivity contribution in [1.29, 1.82) is 0 Å². The van der Waals surface area contributed by atoms with Crippen molar-refractivity contribution in [2.45, 2.75) is 25.2 Å². The van der Waals surface area contributed by atoms with Crippen LogP contribution in [0.2, 0.25) is 0 Å². The summed E-state index contributed by atoms with van der Waals surface area (Å²) >= 11 is 0. The van der Waals surface area contributed by atoms with Gasteiger partial charge in [-0.1, -0.05) is 30.0 Å². The Morgan fingerprint density at radius 1 is 1.27 bits per heavy atom. The van der Waals surface area contributed by atoms with Gasteiger partial charge in [-0.15, -0.1) is 0 Å². The predicted molar refractivity (Wildman–Crippen MR) is 58.2 cm³/mol. The fourth-order valence-electron chi connectivity index (χ4n) is 1.57. The largest absolute Gasteiger partial charge is 0.356 e. The molecular weight excluding hydrogens is 188 g/mol. The van der Waals surface area contributed by atoms with Crippen molar-refractivity contribution in [1.82, 2.24) is 0 Å². The molecule has 1 aliphatic heterocycles. The molecule has 2 atom stereocenters. The molecule has 0 amide bonds. The van der Waals surface area contributed by atoms with Crippen LogP contribution >= 0.6 is 0 Å². The minimum atomic E-state index is -0.0694. The average Bonchev–Trinajstić information content (AvgIpc) is 2.76. The van der Waals surface area contributed by atoms with Crippen LogP contribution in [0.15, 0.2) is 30.3 Å². The summed E-state index contributed by atoms with van der Waals surface area (Å²) in [4.78, 5) is 0. The van der Waals surface area contributed by atoms with Gasteiger partial charge in [0.1, 0.15) is 6.10 Å². The van der Waals surface area contributed by atoms with Gasteiger partial charge in [0.15, 0.2) is 6.29 Å². The van der Waals surface area contributed by atoms with Crippen LogP contribution in [-0.2, 0) is 9.47 Å². The molecule has 1 aromatic carbocycles. The van der Waals surface area contributed by atoms with Crippen LogP contribution in [0.5, 0.6) is 0 Å². The fourth-order valence-corrected chi connectivity index (χ4v) is 1.57. The zero-order valence-electron chi connectivity index (χ0n) is 8.77. The minimum Gasteiger partial charge on any atom is -0.356 e. The Hall–Kier alpha value is -1.30. The first-order valence-electron chi connectivity index (χ1n) is 5.13. The zero-order chi connectivity index (χ0) is 10.5. The number of hydrogen-bond acceptors (Lipinski definition) is 2. The van der Waals surface area contributed by atoms with Crippen molar-refractivity contribution in [2.75, 3.05) is 7.11 Å². The Morgan fingerprint density at radius 2 is 2.07 bits per heavy atom. The number of rotatable bonds is 1. The summed E-state index contributed by atoms with van der Waals surface area (Å²) in [6, 6.07) is 9.94. The molecule has 1 aromatic rings. The highest BCUT2D eigenvalue weighted by atomic mass is 16.7. The number of ether oxygens (including phenoxy) is 2. The lowest BCUT2D eigenvalue weighted by Crippen LogP contribution is -2.10. The topological polar surface area (TPSA) is 18.5 Å². The van der Waals surface area contributed by atoms with Crippen molar-refractivity contribution in [2.24, 2.45) is 0 Å². The SMILES string of the molecule is COC1CCC(C#Cc2ccccc2)O1. The summed E-state index contributed by atoms with van der Waals surface area (Å²) in [5.74, 6) is 6.21. The molecule has 78 valence electrons. The average molecular weight is 202 g/mol. The van der Waals surface area contributed by atoms with Gasteiger partial charge in [-0.2, -0.15) is 0 Å². The molecule has 2 heteroatoms. The smallest absolute Gasteiger partial charge is 0.159 e. The Balaban J connectivity index is 1.96. The Morgan fingerprint density at radius 3 is 2.73 bits per heavy atom. The van der Waals surface area contributed by atoms with Crippen LogP contribution in [0.3, 0.4) is 0 Å². The van der Waals surface area contributed by atoms with E-state index in [0.29, 0.717) is 0 Å². The minimum absolute atomic E-state index is 0.0233. The second-order valence-corrected chi connectivity index (χ2v) is 3.50. The van der Waals surface area contributed by atoms with Crippen LogP contribution in [0.25, 0.3) is 0 Å². The molecular formula is C13H14O2. The molecule has 2 rings (SSSR count). The van der Waals surface area contributed by atoms with Gasteiger partial charge in [-0.05, 0) is 18.6 Å². The monoisotopic (exact) mass is 202 g/mol. The van der Waals surface area contributed by atoms with E-state index in [1.165, 1.54) is 0 Å². The summed E-state index contributed by atoms with van der Waals surface area (Å²) in [6.07, 6.45) is 1.85. The van der Waals surface area contributed by atoms with Crippen LogP contribution in [0.4, 0.5) is 0 Å². The molecule has 0 N–H and O–H groups in total. The van der Waals surface area contributed by atoms with Crippen LogP contribution in [0, 0.1) is 11.8 Å². The highest BCUT2D eigenvalue weighted by Crippen LogP contribution is 2.19. The van der Waals surface area contributed by atoms with Crippen molar-refractivity contribution < 1.29 is 9.47 Å². The van der Waals surface area contributed by atoms with E-state index >= 15 is 0 Å². The van der Waals surface area contributed by atoms with E-state index in [1.54, 1.807) is 7.11 Å². The van der Waals surface area contributed by atoms with Crippen molar-refractivity contribution in [3.05, 3.63) is 35.9 Å². The lowest BCUT2D eigenvalue weighted by molar-refractivity contribution is -0.102. The fraction of sp³-hybridized carbons (Fsp3) is 0.385. The molecule has 2 unspecified atom stereocenters. The molecule has 0 bridgehead atoms. The zero-order valence-corrected chi connectivity index (χ0v) is 8.77. The lowest BCUT2D eigenvalue weighted by Gasteiger charge is -2.06. The molecule has 0 saturated carbocycles. The molecule has 0 radical (unpaired) electrons. The van der Waals surface area contributed by atoms with E-state index in [0.717, 1.165) is 18.4 Å². The van der Waals surface area contributed by atoms with Gasteiger partial charge in [-0.25, -0.2) is 0 Å². The molecule has 1 saturated heterocycles. The van der Waals surface area contributed by atoms with E-state index in [4.69, 9.17) is 9.47 Å². The Kier molecular flexibility index (Phi) is 3.39. The lowest BCUT2D eigenvalue weighted by atomic mass is 10.2. The highest BCUT2D eigenvalue weighted by molar-refractivity contribution is 5.34. The second kappa shape index (κ2) is 4.97. The molecule has 0 aliphatic carbocycles. The van der Waals surface area contributed by atoms with E-state index < -0.39 is 0 Å². The normalized spacial score (nSPS) is 24.6. The van der Waals surface area contributed by atoms with Gasteiger partial charge in [0.2, 0.25) is 0 Å². The van der Waals surface area contributed by atoms with Crippen LogP contribution in [-0.4, -0.2) is 19.5 Å². The standard InChI is InChI=1S/C13H14O2/c1-14-13-10-9-12(15-13)8-7-11-5-3-2-4-6-11/h2-6,12-13H,9-10H2,1H3. The summed E-state index contributed by atoms with van der Waals surface area (Å²) in [7, 11) is 1.66. The van der Waals surface area contributed by atoms with Crippen molar-refractivity contribution in [3.8, 4) is 11.8 Å². The van der Waals surface area contributed by atoms with Gasteiger partial charge in [0.25, 0.3) is 0 Å². The Bertz CT molecular complexity index is 361. The van der Waals surface area contributed by atoms with Gasteiger partial charge >= 0.3 is 0 Å². The molecule has 0 spiro atoms. The quantitative estimate of drug-likeness (QED) is 0.650. The maximum atomic E-state index is 5.54. The number of methoxy groups -OCH3 is 1. The van der Waals surface area contributed by atoms with E-state index in [9.17, 15) is 0 Å². The maximum Gasteiger partial charge on any atom is 0.159 e. The predicted octanol–water partition coefficient (Wildman–Crippen LogP) is 2.19. The summed E-state index contributed by atoms with van der Waals surface area (Å²) in [5.41, 5.74) is 1.03. The van der Waals surface area contributed by atoms with Crippen LogP contribution < -0.4 is 0 Å². The maximum absolute atomic E-state index is 5.54. The molecule has 2 nitrogen and oxygen atoms in total. The molecule has 1 heterocycles. The van der Waals surface area contributed by atoms with Gasteiger partial charge in [0, 0.05) is 19.1 Å². The third-order valence-electron chi connectivity index (χ3n) is 2.39. The number of benzene rings is 1. The summed E-state index contributed by atoms with van der Waals surface area (Å²) in [5, 5.41) is 0. The highest BCUT2D eigenvalue weighted by Gasteiger charge is 2.22. The molecule has 1 fully saturated rings. The first kappa shape index (κ1) is 10.2. The first-order valence-corrected chi connectivity index (χ1v) is 5.13. The summed E-state index contributed by atoms with van der Waals surface area (Å²) in [6.45, 7) is 0. The van der Waals surface area contributed by atoms with Gasteiger partial charge in [0.05, 0.1) is 0 Å². The third kappa shape index (κ3) is 2.82. The molecule has 0 aromatic heterocycles.